The molecule has 0 bridgehead atoms. The first-order chi connectivity index (χ1) is 18.5. The molecule has 1 fully saturated rings. The molecular weight excluding hydrogens is 472 g/mol. The molecule has 0 radical (unpaired) electrons. The quantitative estimate of drug-likeness (QED) is 0.266. The van der Waals surface area contributed by atoms with E-state index in [0.29, 0.717) is 18.3 Å². The molecule has 0 spiro atoms. The van der Waals surface area contributed by atoms with E-state index in [1.54, 1.807) is 0 Å². The van der Waals surface area contributed by atoms with Crippen molar-refractivity contribution >= 4 is 0 Å². The number of rotatable bonds is 10. The molecule has 200 valence electrons. The zero-order valence-electron chi connectivity index (χ0n) is 23.0. The molecule has 0 amide bonds. The molecule has 0 unspecified atom stereocenters. The smallest absolute Gasteiger partial charge is 0.296 e. The van der Waals surface area contributed by atoms with Gasteiger partial charge in [-0.2, -0.15) is 5.21 Å². The number of hydrogen-bond acceptors (Lipinski definition) is 4. The van der Waals surface area contributed by atoms with Crippen LogP contribution in [0.2, 0.25) is 0 Å². The van der Waals surface area contributed by atoms with Crippen molar-refractivity contribution in [2.75, 3.05) is 0 Å². The third-order valence-electron chi connectivity index (χ3n) is 8.17. The van der Waals surface area contributed by atoms with Crippen LogP contribution in [0, 0.1) is 18.8 Å². The number of aromatic nitrogens is 6. The molecule has 7 nitrogen and oxygen atoms in total. The van der Waals surface area contributed by atoms with Gasteiger partial charge in [0, 0.05) is 23.5 Å². The minimum Gasteiger partial charge on any atom is -0.296 e. The number of nitrogens with zero attached hydrogens (tertiary/aromatic N) is 5. The third kappa shape index (κ3) is 5.82. The average molecular weight is 513 g/mol. The molecule has 38 heavy (non-hydrogen) atoms. The SMILES string of the molecule is Cc1c(CCC(C)C)n(Cc2ccc(-c3ccccc3-c3nn[nH]n3)cc2)c(=O)n1CCC1CCCCC1. The number of aromatic amines is 1. The lowest BCUT2D eigenvalue weighted by Crippen LogP contribution is -2.27. The Morgan fingerprint density at radius 2 is 1.71 bits per heavy atom. The van der Waals surface area contributed by atoms with Gasteiger partial charge in [-0.15, -0.1) is 10.2 Å². The lowest BCUT2D eigenvalue weighted by Gasteiger charge is -2.21. The van der Waals surface area contributed by atoms with Gasteiger partial charge in [0.1, 0.15) is 0 Å². The lowest BCUT2D eigenvalue weighted by atomic mass is 9.87. The van der Waals surface area contributed by atoms with E-state index in [0.717, 1.165) is 59.7 Å². The van der Waals surface area contributed by atoms with Crippen LogP contribution in [0.25, 0.3) is 22.5 Å². The Bertz CT molecular complexity index is 1370. The van der Waals surface area contributed by atoms with E-state index >= 15 is 0 Å². The Labute approximate surface area is 225 Å². The molecule has 0 atom stereocenters. The van der Waals surface area contributed by atoms with Gasteiger partial charge in [0.25, 0.3) is 0 Å². The van der Waals surface area contributed by atoms with Crippen LogP contribution in [0.4, 0.5) is 0 Å². The van der Waals surface area contributed by atoms with Crippen molar-refractivity contribution in [2.24, 2.45) is 11.8 Å². The van der Waals surface area contributed by atoms with Gasteiger partial charge in [0.05, 0.1) is 6.54 Å². The Morgan fingerprint density at radius 3 is 2.39 bits per heavy atom. The first kappa shape index (κ1) is 26.1. The van der Waals surface area contributed by atoms with E-state index in [4.69, 9.17) is 0 Å². The van der Waals surface area contributed by atoms with Crippen molar-refractivity contribution in [3.05, 3.63) is 76.0 Å². The molecule has 4 aromatic rings. The lowest BCUT2D eigenvalue weighted by molar-refractivity contribution is 0.321. The second kappa shape index (κ2) is 11.9. The van der Waals surface area contributed by atoms with Crippen LogP contribution >= 0.6 is 0 Å². The summed E-state index contributed by atoms with van der Waals surface area (Å²) in [4.78, 5) is 13.7. The van der Waals surface area contributed by atoms with Crippen LogP contribution in [-0.4, -0.2) is 29.8 Å². The van der Waals surface area contributed by atoms with Crippen molar-refractivity contribution in [3.63, 3.8) is 0 Å². The van der Waals surface area contributed by atoms with Crippen LogP contribution in [0.15, 0.2) is 53.3 Å². The summed E-state index contributed by atoms with van der Waals surface area (Å²) >= 11 is 0. The standard InChI is InChI=1S/C31H40N6O/c1-22(2)13-18-29-23(3)36(20-19-24-9-5-4-6-10-24)31(38)37(29)21-25-14-16-26(17-15-25)27-11-7-8-12-28(27)30-32-34-35-33-30/h7-8,11-12,14-17,22,24H,4-6,9-10,13,18-21H2,1-3H3,(H,32,33,34,35). The van der Waals surface area contributed by atoms with E-state index < -0.39 is 0 Å². The number of H-pyrrole nitrogens is 1. The molecule has 5 rings (SSSR count). The fourth-order valence-corrected chi connectivity index (χ4v) is 5.89. The average Bonchev–Trinajstić information content (AvgIpc) is 3.55. The predicted molar refractivity (Wildman–Crippen MR) is 152 cm³/mol. The van der Waals surface area contributed by atoms with Gasteiger partial charge in [0.15, 0.2) is 0 Å². The van der Waals surface area contributed by atoms with Gasteiger partial charge >= 0.3 is 5.69 Å². The highest BCUT2D eigenvalue weighted by Gasteiger charge is 2.20. The van der Waals surface area contributed by atoms with Crippen molar-refractivity contribution in [1.29, 1.82) is 0 Å². The minimum absolute atomic E-state index is 0.142. The van der Waals surface area contributed by atoms with Gasteiger partial charge in [-0.1, -0.05) is 94.5 Å². The summed E-state index contributed by atoms with van der Waals surface area (Å²) in [5, 5.41) is 14.6. The summed E-state index contributed by atoms with van der Waals surface area (Å²) in [6.07, 6.45) is 9.82. The number of imidazole rings is 1. The molecule has 1 aliphatic rings. The molecule has 7 heteroatoms. The zero-order chi connectivity index (χ0) is 26.5. The highest BCUT2D eigenvalue weighted by molar-refractivity contribution is 5.80. The molecular formula is C31H40N6O. The van der Waals surface area contributed by atoms with Gasteiger partial charge < -0.3 is 0 Å². The predicted octanol–water partition coefficient (Wildman–Crippen LogP) is 6.41. The molecule has 2 aromatic heterocycles. The zero-order valence-corrected chi connectivity index (χ0v) is 23.0. The first-order valence-corrected chi connectivity index (χ1v) is 14.2. The molecule has 1 N–H and O–H groups in total. The minimum atomic E-state index is 0.142. The Hall–Kier alpha value is -3.48. The topological polar surface area (TPSA) is 81.4 Å². The van der Waals surface area contributed by atoms with Gasteiger partial charge in [-0.3, -0.25) is 9.13 Å². The number of hydrogen-bond donors (Lipinski definition) is 1. The van der Waals surface area contributed by atoms with Crippen molar-refractivity contribution in [3.8, 4) is 22.5 Å². The highest BCUT2D eigenvalue weighted by Crippen LogP contribution is 2.30. The van der Waals surface area contributed by atoms with Gasteiger partial charge in [-0.05, 0) is 59.9 Å². The van der Waals surface area contributed by atoms with Gasteiger partial charge in [0.2, 0.25) is 5.82 Å². The second-order valence-corrected chi connectivity index (χ2v) is 11.3. The van der Waals surface area contributed by atoms with Gasteiger partial charge in [-0.25, -0.2) is 4.79 Å². The third-order valence-corrected chi connectivity index (χ3v) is 8.17. The maximum atomic E-state index is 13.7. The molecule has 1 saturated carbocycles. The monoisotopic (exact) mass is 512 g/mol. The maximum absolute atomic E-state index is 13.7. The Morgan fingerprint density at radius 1 is 0.974 bits per heavy atom. The summed E-state index contributed by atoms with van der Waals surface area (Å²) in [6, 6.07) is 16.6. The molecule has 1 aliphatic carbocycles. The summed E-state index contributed by atoms with van der Waals surface area (Å²) in [5.74, 6) is 1.94. The Balaban J connectivity index is 1.40. The number of tetrazole rings is 1. The van der Waals surface area contributed by atoms with Crippen LogP contribution < -0.4 is 5.69 Å². The van der Waals surface area contributed by atoms with E-state index in [2.05, 4.69) is 76.3 Å². The molecule has 0 saturated heterocycles. The fourth-order valence-electron chi connectivity index (χ4n) is 5.89. The van der Waals surface area contributed by atoms with Crippen LogP contribution in [0.3, 0.4) is 0 Å². The van der Waals surface area contributed by atoms with Crippen molar-refractivity contribution < 1.29 is 0 Å². The maximum Gasteiger partial charge on any atom is 0.328 e. The summed E-state index contributed by atoms with van der Waals surface area (Å²) in [5.41, 5.74) is 6.69. The first-order valence-electron chi connectivity index (χ1n) is 14.2. The van der Waals surface area contributed by atoms with E-state index in [9.17, 15) is 4.79 Å². The highest BCUT2D eigenvalue weighted by atomic mass is 16.1. The summed E-state index contributed by atoms with van der Waals surface area (Å²) in [6.45, 7) is 8.08. The second-order valence-electron chi connectivity index (χ2n) is 11.3. The van der Waals surface area contributed by atoms with Crippen molar-refractivity contribution in [2.45, 2.75) is 85.2 Å². The van der Waals surface area contributed by atoms with Crippen LogP contribution in [-0.2, 0) is 19.5 Å². The fraction of sp³-hybridized carbons (Fsp3) is 0.484. The largest absolute Gasteiger partial charge is 0.328 e. The number of nitrogens with one attached hydrogen (secondary N) is 1. The summed E-state index contributed by atoms with van der Waals surface area (Å²) in [7, 11) is 0. The van der Waals surface area contributed by atoms with E-state index in [1.165, 1.54) is 37.8 Å². The molecule has 2 aromatic carbocycles. The Kier molecular flexibility index (Phi) is 8.20. The molecule has 0 aliphatic heterocycles. The van der Waals surface area contributed by atoms with Crippen LogP contribution in [0.5, 0.6) is 0 Å². The van der Waals surface area contributed by atoms with Crippen LogP contribution in [0.1, 0.15) is 75.7 Å². The molecule has 2 heterocycles. The normalized spacial score (nSPS) is 14.4. The summed E-state index contributed by atoms with van der Waals surface area (Å²) < 4.78 is 4.08. The number of benzene rings is 2. The van der Waals surface area contributed by atoms with E-state index in [1.807, 2.05) is 22.8 Å². The van der Waals surface area contributed by atoms with Crippen molar-refractivity contribution in [1.82, 2.24) is 29.8 Å². The van der Waals surface area contributed by atoms with E-state index in [-0.39, 0.29) is 5.69 Å².